The summed E-state index contributed by atoms with van der Waals surface area (Å²) in [6.07, 6.45) is 2.99. The molecule has 176 valence electrons. The van der Waals surface area contributed by atoms with Gasteiger partial charge in [-0.3, -0.25) is 13.9 Å². The Morgan fingerprint density at radius 1 is 1.09 bits per heavy atom. The SMILES string of the molecule is CC(C)n1c(=O)n(-c2cccc(S(C)(=O)=O)c2)c2ccc(C(=O)NC3(C)CCSCC3)cc21. The second-order valence-electron chi connectivity index (χ2n) is 9.18. The Morgan fingerprint density at radius 3 is 2.42 bits per heavy atom. The summed E-state index contributed by atoms with van der Waals surface area (Å²) in [5.74, 6) is 1.90. The van der Waals surface area contributed by atoms with Crippen molar-refractivity contribution >= 4 is 38.5 Å². The number of nitrogens with zero attached hydrogens (tertiary/aromatic N) is 2. The van der Waals surface area contributed by atoms with Crippen molar-refractivity contribution in [3.05, 3.63) is 58.5 Å². The molecule has 1 fully saturated rings. The highest BCUT2D eigenvalue weighted by Gasteiger charge is 2.29. The molecule has 2 aromatic carbocycles. The Kier molecular flexibility index (Phi) is 6.22. The normalized spacial score (nSPS) is 16.3. The van der Waals surface area contributed by atoms with Crippen LogP contribution in [0.25, 0.3) is 16.7 Å². The number of nitrogens with one attached hydrogen (secondary N) is 1. The van der Waals surface area contributed by atoms with Crippen LogP contribution >= 0.6 is 11.8 Å². The first-order valence-electron chi connectivity index (χ1n) is 11.0. The van der Waals surface area contributed by atoms with Gasteiger partial charge in [0.05, 0.1) is 21.6 Å². The van der Waals surface area contributed by atoms with Gasteiger partial charge in [0.25, 0.3) is 5.91 Å². The number of benzene rings is 2. The van der Waals surface area contributed by atoms with Crippen LogP contribution in [0.2, 0.25) is 0 Å². The van der Waals surface area contributed by atoms with Crippen molar-refractivity contribution in [3.8, 4) is 5.69 Å². The highest BCUT2D eigenvalue weighted by atomic mass is 32.2. The number of aromatic nitrogens is 2. The highest BCUT2D eigenvalue weighted by Crippen LogP contribution is 2.28. The van der Waals surface area contributed by atoms with Crippen LogP contribution in [-0.4, -0.2) is 46.8 Å². The predicted octanol–water partition coefficient (Wildman–Crippen LogP) is 3.79. The number of hydrogen-bond acceptors (Lipinski definition) is 5. The van der Waals surface area contributed by atoms with E-state index >= 15 is 0 Å². The molecule has 7 nitrogen and oxygen atoms in total. The molecule has 1 amide bonds. The van der Waals surface area contributed by atoms with Crippen LogP contribution < -0.4 is 11.0 Å². The number of fused-ring (bicyclic) bond motifs is 1. The minimum absolute atomic E-state index is 0.146. The Bertz CT molecular complexity index is 1380. The molecule has 0 aliphatic carbocycles. The van der Waals surface area contributed by atoms with Gasteiger partial charge in [0.2, 0.25) is 0 Å². The van der Waals surface area contributed by atoms with Crippen LogP contribution in [0.15, 0.2) is 52.2 Å². The zero-order valence-corrected chi connectivity index (χ0v) is 20.9. The van der Waals surface area contributed by atoms with Gasteiger partial charge >= 0.3 is 5.69 Å². The van der Waals surface area contributed by atoms with Gasteiger partial charge in [-0.1, -0.05) is 6.07 Å². The van der Waals surface area contributed by atoms with E-state index in [-0.39, 0.29) is 28.1 Å². The molecule has 4 rings (SSSR count). The molecular formula is C24H29N3O4S2. The quantitative estimate of drug-likeness (QED) is 0.591. The molecule has 1 N–H and O–H groups in total. The average molecular weight is 488 g/mol. The maximum Gasteiger partial charge on any atom is 0.333 e. The first-order chi connectivity index (χ1) is 15.5. The first kappa shape index (κ1) is 23.6. The molecule has 0 radical (unpaired) electrons. The van der Waals surface area contributed by atoms with Crippen molar-refractivity contribution in [3.63, 3.8) is 0 Å². The fourth-order valence-corrected chi connectivity index (χ4v) is 6.31. The molecule has 33 heavy (non-hydrogen) atoms. The standard InChI is InChI=1S/C24H29N3O4S2/c1-16(2)26-21-14-17(22(28)25-24(3)10-12-32-13-11-24)8-9-20(21)27(23(26)29)18-6-5-7-19(15-18)33(4,30)31/h5-9,14-16H,10-13H2,1-4H3,(H,25,28). The lowest BCUT2D eigenvalue weighted by molar-refractivity contribution is 0.0901. The van der Waals surface area contributed by atoms with Gasteiger partial charge < -0.3 is 5.32 Å². The Balaban J connectivity index is 1.82. The molecule has 1 saturated heterocycles. The molecule has 0 atom stereocenters. The summed E-state index contributed by atoms with van der Waals surface area (Å²) in [6, 6.07) is 11.4. The molecule has 1 aromatic heterocycles. The summed E-state index contributed by atoms with van der Waals surface area (Å²) in [7, 11) is -3.42. The van der Waals surface area contributed by atoms with Gasteiger partial charge in [0, 0.05) is 23.4 Å². The minimum atomic E-state index is -3.42. The molecule has 3 aromatic rings. The van der Waals surface area contributed by atoms with Crippen molar-refractivity contribution in [1.29, 1.82) is 0 Å². The largest absolute Gasteiger partial charge is 0.347 e. The topological polar surface area (TPSA) is 90.2 Å². The third-order valence-corrected chi connectivity index (χ3v) is 8.26. The van der Waals surface area contributed by atoms with Crippen LogP contribution in [0.5, 0.6) is 0 Å². The molecular weight excluding hydrogens is 458 g/mol. The van der Waals surface area contributed by atoms with Crippen molar-refractivity contribution in [2.24, 2.45) is 0 Å². The monoisotopic (exact) mass is 487 g/mol. The number of thioether (sulfide) groups is 1. The van der Waals surface area contributed by atoms with Gasteiger partial charge in [-0.2, -0.15) is 11.8 Å². The van der Waals surface area contributed by atoms with Gasteiger partial charge in [-0.25, -0.2) is 13.2 Å². The summed E-state index contributed by atoms with van der Waals surface area (Å²) in [5.41, 5.74) is 1.72. The molecule has 0 bridgehead atoms. The fourth-order valence-electron chi connectivity index (χ4n) is 4.26. The van der Waals surface area contributed by atoms with E-state index in [1.54, 1.807) is 34.9 Å². The number of amides is 1. The Labute approximate surface area is 198 Å². The molecule has 1 aliphatic heterocycles. The molecule has 2 heterocycles. The number of carbonyl (C=O) groups excluding carboxylic acids is 1. The van der Waals surface area contributed by atoms with Crippen LogP contribution in [0.1, 0.15) is 50.0 Å². The second-order valence-corrected chi connectivity index (χ2v) is 12.4. The third-order valence-electron chi connectivity index (χ3n) is 6.17. The van der Waals surface area contributed by atoms with Crippen LogP contribution in [-0.2, 0) is 9.84 Å². The van der Waals surface area contributed by atoms with E-state index < -0.39 is 9.84 Å². The summed E-state index contributed by atoms with van der Waals surface area (Å²) < 4.78 is 27.2. The molecule has 1 aliphatic rings. The fraction of sp³-hybridized carbons (Fsp3) is 0.417. The van der Waals surface area contributed by atoms with Gasteiger partial charge in [-0.05, 0) is 81.5 Å². The zero-order chi connectivity index (χ0) is 24.0. The van der Waals surface area contributed by atoms with Crippen LogP contribution in [0.3, 0.4) is 0 Å². The number of carbonyl (C=O) groups is 1. The third kappa shape index (κ3) is 4.61. The van der Waals surface area contributed by atoms with E-state index in [4.69, 9.17) is 0 Å². The van der Waals surface area contributed by atoms with E-state index in [1.165, 1.54) is 16.7 Å². The van der Waals surface area contributed by atoms with Crippen LogP contribution in [0, 0.1) is 0 Å². The number of sulfone groups is 1. The Hall–Kier alpha value is -2.52. The van der Waals surface area contributed by atoms with E-state index in [9.17, 15) is 18.0 Å². The summed E-state index contributed by atoms with van der Waals surface area (Å²) in [4.78, 5) is 26.6. The summed E-state index contributed by atoms with van der Waals surface area (Å²) in [6.45, 7) is 5.90. The van der Waals surface area contributed by atoms with Crippen molar-refractivity contribution in [2.75, 3.05) is 17.8 Å². The van der Waals surface area contributed by atoms with E-state index in [2.05, 4.69) is 12.2 Å². The molecule has 9 heteroatoms. The number of hydrogen-bond donors (Lipinski definition) is 1. The predicted molar refractivity (Wildman–Crippen MR) is 133 cm³/mol. The maximum atomic E-state index is 13.4. The molecule has 0 unspecified atom stereocenters. The average Bonchev–Trinajstić information content (AvgIpc) is 3.04. The van der Waals surface area contributed by atoms with Crippen molar-refractivity contribution < 1.29 is 13.2 Å². The number of imidazole rings is 1. The smallest absolute Gasteiger partial charge is 0.333 e. The van der Waals surface area contributed by atoms with Crippen molar-refractivity contribution in [2.45, 2.75) is 50.1 Å². The lowest BCUT2D eigenvalue weighted by atomic mass is 9.94. The van der Waals surface area contributed by atoms with Crippen molar-refractivity contribution in [1.82, 2.24) is 14.5 Å². The number of rotatable bonds is 5. The van der Waals surface area contributed by atoms with Gasteiger partial charge in [0.1, 0.15) is 0 Å². The van der Waals surface area contributed by atoms with Gasteiger partial charge in [-0.15, -0.1) is 0 Å². The van der Waals surface area contributed by atoms with E-state index in [1.807, 2.05) is 25.6 Å². The summed E-state index contributed by atoms with van der Waals surface area (Å²) >= 11 is 1.90. The van der Waals surface area contributed by atoms with Gasteiger partial charge in [0.15, 0.2) is 9.84 Å². The lowest BCUT2D eigenvalue weighted by Crippen LogP contribution is -2.48. The molecule has 0 spiro atoms. The van der Waals surface area contributed by atoms with E-state index in [0.29, 0.717) is 22.3 Å². The van der Waals surface area contributed by atoms with E-state index in [0.717, 1.165) is 30.6 Å². The highest BCUT2D eigenvalue weighted by molar-refractivity contribution is 7.99. The lowest BCUT2D eigenvalue weighted by Gasteiger charge is -2.34. The second kappa shape index (κ2) is 8.68. The summed E-state index contributed by atoms with van der Waals surface area (Å²) in [5, 5.41) is 3.19. The first-order valence-corrected chi connectivity index (χ1v) is 14.0. The maximum absolute atomic E-state index is 13.4. The zero-order valence-electron chi connectivity index (χ0n) is 19.3. The Morgan fingerprint density at radius 2 is 1.79 bits per heavy atom. The molecule has 0 saturated carbocycles. The van der Waals surface area contributed by atoms with Crippen LogP contribution in [0.4, 0.5) is 0 Å². The minimum Gasteiger partial charge on any atom is -0.347 e.